The van der Waals surface area contributed by atoms with Crippen molar-refractivity contribution in [2.75, 3.05) is 11.9 Å². The van der Waals surface area contributed by atoms with E-state index in [2.05, 4.69) is 15.5 Å². The SMILES string of the molecule is CN(c1ccc(CN)cc1)c1nnnn1-c1ccccc1. The first-order valence-electron chi connectivity index (χ1n) is 6.66. The van der Waals surface area contributed by atoms with Crippen molar-refractivity contribution in [2.45, 2.75) is 6.54 Å². The molecule has 2 aromatic carbocycles. The third-order valence-corrected chi connectivity index (χ3v) is 3.31. The first kappa shape index (κ1) is 13.3. The number of hydrogen-bond donors (Lipinski definition) is 1. The maximum absolute atomic E-state index is 5.62. The van der Waals surface area contributed by atoms with Crippen LogP contribution in [0.2, 0.25) is 0 Å². The standard InChI is InChI=1S/C15H16N6/c1-20(13-9-7-12(11-16)8-10-13)15-17-18-19-21(15)14-5-3-2-4-6-14/h2-10H,11,16H2,1H3. The Bertz CT molecular complexity index is 705. The highest BCUT2D eigenvalue weighted by Gasteiger charge is 2.14. The van der Waals surface area contributed by atoms with Crippen LogP contribution in [0, 0.1) is 0 Å². The van der Waals surface area contributed by atoms with Crippen molar-refractivity contribution >= 4 is 11.6 Å². The lowest BCUT2D eigenvalue weighted by Crippen LogP contribution is -2.15. The van der Waals surface area contributed by atoms with Gasteiger partial charge in [0.05, 0.1) is 5.69 Å². The molecule has 106 valence electrons. The lowest BCUT2D eigenvalue weighted by Gasteiger charge is -2.18. The highest BCUT2D eigenvalue weighted by molar-refractivity contribution is 5.58. The highest BCUT2D eigenvalue weighted by atomic mass is 15.6. The van der Waals surface area contributed by atoms with Gasteiger partial charge in [0, 0.05) is 19.3 Å². The summed E-state index contributed by atoms with van der Waals surface area (Å²) in [4.78, 5) is 1.94. The fraction of sp³-hybridized carbons (Fsp3) is 0.133. The van der Waals surface area contributed by atoms with Crippen LogP contribution in [0.5, 0.6) is 0 Å². The predicted octanol–water partition coefficient (Wildman–Crippen LogP) is 1.89. The molecule has 6 heteroatoms. The molecule has 1 aromatic heterocycles. The predicted molar refractivity (Wildman–Crippen MR) is 81.6 cm³/mol. The molecule has 3 aromatic rings. The number of nitrogens with zero attached hydrogens (tertiary/aromatic N) is 5. The smallest absolute Gasteiger partial charge is 0.254 e. The lowest BCUT2D eigenvalue weighted by atomic mass is 10.2. The second kappa shape index (κ2) is 5.72. The van der Waals surface area contributed by atoms with Crippen molar-refractivity contribution in [1.29, 1.82) is 0 Å². The zero-order valence-electron chi connectivity index (χ0n) is 11.7. The monoisotopic (exact) mass is 280 g/mol. The molecule has 0 fully saturated rings. The van der Waals surface area contributed by atoms with E-state index in [1.165, 1.54) is 0 Å². The third kappa shape index (κ3) is 2.61. The molecule has 2 N–H and O–H groups in total. The van der Waals surface area contributed by atoms with Gasteiger partial charge in [0.1, 0.15) is 0 Å². The Balaban J connectivity index is 1.95. The van der Waals surface area contributed by atoms with Crippen molar-refractivity contribution in [3.8, 4) is 5.69 Å². The van der Waals surface area contributed by atoms with Crippen LogP contribution in [0.15, 0.2) is 54.6 Å². The normalized spacial score (nSPS) is 10.6. The molecule has 0 aliphatic heterocycles. The largest absolute Gasteiger partial charge is 0.326 e. The second-order valence-electron chi connectivity index (χ2n) is 4.66. The molecule has 0 unspecified atom stereocenters. The Morgan fingerprint density at radius 1 is 1.05 bits per heavy atom. The summed E-state index contributed by atoms with van der Waals surface area (Å²) in [5.74, 6) is 0.654. The lowest BCUT2D eigenvalue weighted by molar-refractivity contribution is 0.786. The van der Waals surface area contributed by atoms with E-state index in [1.54, 1.807) is 4.68 Å². The van der Waals surface area contributed by atoms with E-state index in [1.807, 2.05) is 66.5 Å². The minimum Gasteiger partial charge on any atom is -0.326 e. The topological polar surface area (TPSA) is 72.9 Å². The molecule has 0 saturated carbocycles. The van der Waals surface area contributed by atoms with E-state index < -0.39 is 0 Å². The van der Waals surface area contributed by atoms with Crippen molar-refractivity contribution in [1.82, 2.24) is 20.2 Å². The number of hydrogen-bond acceptors (Lipinski definition) is 5. The van der Waals surface area contributed by atoms with E-state index in [4.69, 9.17) is 5.73 Å². The quantitative estimate of drug-likeness (QED) is 0.790. The summed E-state index contributed by atoms with van der Waals surface area (Å²) in [6.07, 6.45) is 0. The number of benzene rings is 2. The van der Waals surface area contributed by atoms with Crippen LogP contribution in [-0.4, -0.2) is 27.3 Å². The van der Waals surface area contributed by atoms with Crippen LogP contribution >= 0.6 is 0 Å². The minimum atomic E-state index is 0.533. The Kier molecular flexibility index (Phi) is 3.61. The van der Waals surface area contributed by atoms with E-state index in [-0.39, 0.29) is 0 Å². The summed E-state index contributed by atoms with van der Waals surface area (Å²) in [7, 11) is 1.93. The molecular formula is C15H16N6. The van der Waals surface area contributed by atoms with Crippen LogP contribution < -0.4 is 10.6 Å². The average Bonchev–Trinajstić information content (AvgIpc) is 3.04. The number of para-hydroxylation sites is 1. The molecule has 0 spiro atoms. The molecule has 21 heavy (non-hydrogen) atoms. The first-order valence-corrected chi connectivity index (χ1v) is 6.66. The summed E-state index contributed by atoms with van der Waals surface area (Å²) >= 11 is 0. The fourth-order valence-electron chi connectivity index (χ4n) is 2.10. The van der Waals surface area contributed by atoms with Gasteiger partial charge in [-0.15, -0.1) is 0 Å². The van der Waals surface area contributed by atoms with Gasteiger partial charge in [-0.1, -0.05) is 35.4 Å². The molecule has 1 heterocycles. The van der Waals surface area contributed by atoms with Gasteiger partial charge in [-0.3, -0.25) is 0 Å². The van der Waals surface area contributed by atoms with Crippen LogP contribution in [0.4, 0.5) is 11.6 Å². The summed E-state index contributed by atoms with van der Waals surface area (Å²) in [6.45, 7) is 0.533. The Hall–Kier alpha value is -2.73. The van der Waals surface area contributed by atoms with E-state index in [9.17, 15) is 0 Å². The van der Waals surface area contributed by atoms with Crippen molar-refractivity contribution in [3.05, 3.63) is 60.2 Å². The zero-order valence-corrected chi connectivity index (χ0v) is 11.7. The van der Waals surface area contributed by atoms with Gasteiger partial charge in [0.15, 0.2) is 0 Å². The number of rotatable bonds is 4. The highest BCUT2D eigenvalue weighted by Crippen LogP contribution is 2.23. The van der Waals surface area contributed by atoms with Gasteiger partial charge in [-0.2, -0.15) is 4.68 Å². The zero-order chi connectivity index (χ0) is 14.7. The van der Waals surface area contributed by atoms with Crippen LogP contribution in [0.1, 0.15) is 5.56 Å². The molecular weight excluding hydrogens is 264 g/mol. The number of tetrazole rings is 1. The molecule has 0 aliphatic rings. The summed E-state index contributed by atoms with van der Waals surface area (Å²) in [5, 5.41) is 12.0. The van der Waals surface area contributed by atoms with Gasteiger partial charge < -0.3 is 10.6 Å². The van der Waals surface area contributed by atoms with Crippen LogP contribution in [-0.2, 0) is 6.54 Å². The van der Waals surface area contributed by atoms with Crippen molar-refractivity contribution in [3.63, 3.8) is 0 Å². The first-order chi connectivity index (χ1) is 10.3. The van der Waals surface area contributed by atoms with Gasteiger partial charge >= 0.3 is 0 Å². The molecule has 0 amide bonds. The third-order valence-electron chi connectivity index (χ3n) is 3.31. The maximum Gasteiger partial charge on any atom is 0.254 e. The molecule has 0 bridgehead atoms. The van der Waals surface area contributed by atoms with E-state index in [0.717, 1.165) is 16.9 Å². The molecule has 0 radical (unpaired) electrons. The number of aromatic nitrogens is 4. The number of anilines is 2. The molecule has 3 rings (SSSR count). The van der Waals surface area contributed by atoms with Gasteiger partial charge in [0.2, 0.25) is 0 Å². The fourth-order valence-corrected chi connectivity index (χ4v) is 2.10. The van der Waals surface area contributed by atoms with Crippen molar-refractivity contribution in [2.24, 2.45) is 5.73 Å². The van der Waals surface area contributed by atoms with Gasteiger partial charge in [-0.05, 0) is 40.3 Å². The van der Waals surface area contributed by atoms with Gasteiger partial charge in [0.25, 0.3) is 5.95 Å². The molecule has 0 atom stereocenters. The molecule has 0 aliphatic carbocycles. The summed E-state index contributed by atoms with van der Waals surface area (Å²) in [5.41, 5.74) is 8.63. The summed E-state index contributed by atoms with van der Waals surface area (Å²) < 4.78 is 1.71. The Morgan fingerprint density at radius 2 is 1.76 bits per heavy atom. The second-order valence-corrected chi connectivity index (χ2v) is 4.66. The van der Waals surface area contributed by atoms with Crippen molar-refractivity contribution < 1.29 is 0 Å². The van der Waals surface area contributed by atoms with E-state index in [0.29, 0.717) is 12.5 Å². The summed E-state index contributed by atoms with van der Waals surface area (Å²) in [6, 6.07) is 17.8. The maximum atomic E-state index is 5.62. The molecule has 0 saturated heterocycles. The minimum absolute atomic E-state index is 0.533. The average molecular weight is 280 g/mol. The Morgan fingerprint density at radius 3 is 2.43 bits per heavy atom. The van der Waals surface area contributed by atoms with Crippen LogP contribution in [0.25, 0.3) is 5.69 Å². The van der Waals surface area contributed by atoms with Crippen LogP contribution in [0.3, 0.4) is 0 Å². The van der Waals surface area contributed by atoms with E-state index >= 15 is 0 Å². The molecule has 6 nitrogen and oxygen atoms in total. The van der Waals surface area contributed by atoms with Gasteiger partial charge in [-0.25, -0.2) is 0 Å². The Labute approximate surface area is 122 Å². The number of nitrogens with two attached hydrogens (primary N) is 1.